The Bertz CT molecular complexity index is 299. The normalized spacial score (nSPS) is 16.7. The molecule has 0 aliphatic carbocycles. The smallest absolute Gasteiger partial charge is 0.0642 e. The van der Waals surface area contributed by atoms with E-state index in [2.05, 4.69) is 17.0 Å². The van der Waals surface area contributed by atoms with Gasteiger partial charge in [-0.3, -0.25) is 0 Å². The molecule has 73 valence electrons. The Morgan fingerprint density at radius 1 is 1.14 bits per heavy atom. The van der Waals surface area contributed by atoms with E-state index in [9.17, 15) is 0 Å². The molecule has 0 saturated carbocycles. The van der Waals surface area contributed by atoms with E-state index in [1.54, 1.807) is 6.08 Å². The van der Waals surface area contributed by atoms with Gasteiger partial charge in [-0.25, -0.2) is 0 Å². The van der Waals surface area contributed by atoms with Crippen molar-refractivity contribution in [1.29, 1.82) is 0 Å². The summed E-state index contributed by atoms with van der Waals surface area (Å²) in [5.41, 5.74) is 2.31. The van der Waals surface area contributed by atoms with Gasteiger partial charge in [0.05, 0.1) is 13.2 Å². The first-order chi connectivity index (χ1) is 6.90. The maximum atomic E-state index is 5.42. The van der Waals surface area contributed by atoms with Gasteiger partial charge in [-0.15, -0.1) is 0 Å². The molecule has 0 unspecified atom stereocenters. The van der Waals surface area contributed by atoms with E-state index in [0.717, 1.165) is 31.9 Å². The summed E-state index contributed by atoms with van der Waals surface area (Å²) in [4.78, 5) is 2.32. The van der Waals surface area contributed by atoms with Crippen molar-refractivity contribution >= 4 is 11.8 Å². The van der Waals surface area contributed by atoms with Crippen LogP contribution in [-0.4, -0.2) is 26.3 Å². The number of rotatable bonds is 2. The van der Waals surface area contributed by atoms with E-state index in [4.69, 9.17) is 11.3 Å². The van der Waals surface area contributed by atoms with Gasteiger partial charge >= 0.3 is 0 Å². The topological polar surface area (TPSA) is 12.5 Å². The summed E-state index contributed by atoms with van der Waals surface area (Å²) in [5.74, 6) is 0. The van der Waals surface area contributed by atoms with Crippen molar-refractivity contribution in [3.63, 3.8) is 0 Å². The van der Waals surface area contributed by atoms with Crippen LogP contribution in [0.5, 0.6) is 0 Å². The van der Waals surface area contributed by atoms with Gasteiger partial charge in [-0.2, -0.15) is 0 Å². The predicted molar refractivity (Wildman–Crippen MR) is 58.2 cm³/mol. The van der Waals surface area contributed by atoms with Gasteiger partial charge in [0.2, 0.25) is 0 Å². The first kappa shape index (κ1) is 9.28. The number of hydrogen-bond donors (Lipinski definition) is 0. The lowest BCUT2D eigenvalue weighted by Crippen LogP contribution is -2.36. The molecule has 0 atom stereocenters. The molecule has 1 aromatic carbocycles. The molecule has 1 fully saturated rings. The third-order valence-electron chi connectivity index (χ3n) is 2.46. The quantitative estimate of drug-likeness (QED) is 0.703. The largest absolute Gasteiger partial charge is 0.378 e. The second-order valence-electron chi connectivity index (χ2n) is 3.36. The molecule has 1 aliphatic heterocycles. The molecule has 0 spiro atoms. The second kappa shape index (κ2) is 4.29. The van der Waals surface area contributed by atoms with Gasteiger partial charge < -0.3 is 9.64 Å². The highest BCUT2D eigenvalue weighted by Gasteiger charge is 2.10. The van der Waals surface area contributed by atoms with Gasteiger partial charge in [0, 0.05) is 18.8 Å². The zero-order valence-corrected chi connectivity index (χ0v) is 8.15. The minimum atomic E-state index is 0.824. The zero-order chi connectivity index (χ0) is 9.80. The lowest BCUT2D eigenvalue weighted by atomic mass is 10.2. The highest BCUT2D eigenvalue weighted by Crippen LogP contribution is 2.16. The fourth-order valence-corrected chi connectivity index (χ4v) is 1.62. The highest BCUT2D eigenvalue weighted by molar-refractivity contribution is 5.54. The van der Waals surface area contributed by atoms with Crippen molar-refractivity contribution in [2.24, 2.45) is 0 Å². The van der Waals surface area contributed by atoms with Crippen LogP contribution in [0.25, 0.3) is 6.08 Å². The van der Waals surface area contributed by atoms with E-state index >= 15 is 0 Å². The Hall–Kier alpha value is -1.28. The fourth-order valence-electron chi connectivity index (χ4n) is 1.62. The molecule has 0 amide bonds. The number of nitrogens with zero attached hydrogens (tertiary/aromatic N) is 1. The van der Waals surface area contributed by atoms with Gasteiger partial charge in [0.25, 0.3) is 0 Å². The Morgan fingerprint density at radius 3 is 2.36 bits per heavy atom. The average molecular weight is 188 g/mol. The Labute approximate surface area is 84.8 Å². The minimum absolute atomic E-state index is 0.824. The fraction of sp³-hybridized carbons (Fsp3) is 0.333. The molecule has 0 bridgehead atoms. The standard InChI is InChI=1S/C12H14NO/c1-2-11-3-5-12(6-4-11)13-7-9-14-10-8-13/h1-6H,7-10H2. The maximum Gasteiger partial charge on any atom is 0.0642 e. The molecule has 1 heterocycles. The summed E-state index contributed by atoms with van der Waals surface area (Å²) >= 11 is 0. The van der Waals surface area contributed by atoms with Crippen molar-refractivity contribution < 1.29 is 4.74 Å². The van der Waals surface area contributed by atoms with Crippen LogP contribution in [-0.2, 0) is 4.74 Å². The zero-order valence-electron chi connectivity index (χ0n) is 8.15. The third-order valence-corrected chi connectivity index (χ3v) is 2.46. The van der Waals surface area contributed by atoms with Crippen LogP contribution >= 0.6 is 0 Å². The summed E-state index contributed by atoms with van der Waals surface area (Å²) in [6.07, 6.45) is 1.61. The first-order valence-corrected chi connectivity index (χ1v) is 4.88. The summed E-state index contributed by atoms with van der Waals surface area (Å²) < 4.78 is 5.30. The first-order valence-electron chi connectivity index (χ1n) is 4.88. The van der Waals surface area contributed by atoms with Crippen LogP contribution in [0.1, 0.15) is 5.56 Å². The number of hydrogen-bond acceptors (Lipinski definition) is 2. The molecule has 1 aromatic rings. The van der Waals surface area contributed by atoms with Crippen molar-refractivity contribution in [3.05, 3.63) is 36.4 Å². The SMILES string of the molecule is [CH]=Cc1ccc(N2CCOCC2)cc1. The Kier molecular flexibility index (Phi) is 2.84. The molecule has 1 aliphatic rings. The monoisotopic (exact) mass is 188 g/mol. The van der Waals surface area contributed by atoms with Crippen molar-refractivity contribution in [2.45, 2.75) is 0 Å². The van der Waals surface area contributed by atoms with E-state index in [-0.39, 0.29) is 0 Å². The number of morpholine rings is 1. The summed E-state index contributed by atoms with van der Waals surface area (Å²) in [6.45, 7) is 9.02. The van der Waals surface area contributed by atoms with E-state index in [1.165, 1.54) is 5.69 Å². The summed E-state index contributed by atoms with van der Waals surface area (Å²) in [7, 11) is 0. The molecule has 1 radical (unpaired) electrons. The van der Waals surface area contributed by atoms with Gasteiger partial charge in [0.15, 0.2) is 0 Å². The summed E-state index contributed by atoms with van der Waals surface area (Å²) in [5, 5.41) is 0. The van der Waals surface area contributed by atoms with Gasteiger partial charge in [-0.1, -0.05) is 24.8 Å². The van der Waals surface area contributed by atoms with Crippen molar-refractivity contribution in [3.8, 4) is 0 Å². The molecule has 14 heavy (non-hydrogen) atoms. The molecular formula is C12H14NO. The lowest BCUT2D eigenvalue weighted by Gasteiger charge is -2.28. The van der Waals surface area contributed by atoms with Crippen LogP contribution in [0.15, 0.2) is 24.3 Å². The highest BCUT2D eigenvalue weighted by atomic mass is 16.5. The van der Waals surface area contributed by atoms with Crippen LogP contribution in [0.4, 0.5) is 5.69 Å². The maximum absolute atomic E-state index is 5.42. The van der Waals surface area contributed by atoms with Crippen molar-refractivity contribution in [1.82, 2.24) is 0 Å². The third kappa shape index (κ3) is 1.96. The van der Waals surface area contributed by atoms with E-state index in [0.29, 0.717) is 0 Å². The Balaban J connectivity index is 2.11. The lowest BCUT2D eigenvalue weighted by molar-refractivity contribution is 0.122. The number of benzene rings is 1. The molecule has 0 N–H and O–H groups in total. The van der Waals surface area contributed by atoms with Crippen LogP contribution in [0, 0.1) is 6.58 Å². The molecule has 2 heteroatoms. The van der Waals surface area contributed by atoms with Gasteiger partial charge in [0.1, 0.15) is 0 Å². The van der Waals surface area contributed by atoms with Crippen LogP contribution < -0.4 is 4.90 Å². The van der Waals surface area contributed by atoms with E-state index in [1.807, 2.05) is 12.1 Å². The van der Waals surface area contributed by atoms with Crippen molar-refractivity contribution in [2.75, 3.05) is 31.2 Å². The second-order valence-corrected chi connectivity index (χ2v) is 3.36. The molecular weight excluding hydrogens is 174 g/mol. The average Bonchev–Trinajstić information content (AvgIpc) is 2.30. The van der Waals surface area contributed by atoms with Crippen LogP contribution in [0.2, 0.25) is 0 Å². The molecule has 0 aromatic heterocycles. The van der Waals surface area contributed by atoms with Crippen LogP contribution in [0.3, 0.4) is 0 Å². The predicted octanol–water partition coefficient (Wildman–Crippen LogP) is 1.97. The number of ether oxygens (including phenoxy) is 1. The summed E-state index contributed by atoms with van der Waals surface area (Å²) in [6, 6.07) is 8.27. The molecule has 2 rings (SSSR count). The minimum Gasteiger partial charge on any atom is -0.378 e. The van der Waals surface area contributed by atoms with Gasteiger partial charge in [-0.05, 0) is 17.7 Å². The number of anilines is 1. The molecule has 2 nitrogen and oxygen atoms in total. The molecule has 1 saturated heterocycles. The Morgan fingerprint density at radius 2 is 1.79 bits per heavy atom. The van der Waals surface area contributed by atoms with E-state index < -0.39 is 0 Å².